The molecule has 1 aromatic heterocycles. The predicted molar refractivity (Wildman–Crippen MR) is 104 cm³/mol. The smallest absolute Gasteiger partial charge is 0.287 e. The van der Waals surface area contributed by atoms with Gasteiger partial charge in [-0.2, -0.15) is 0 Å². The molecule has 0 spiro atoms. The summed E-state index contributed by atoms with van der Waals surface area (Å²) in [6.45, 7) is 0.0412. The van der Waals surface area contributed by atoms with Crippen LogP contribution in [0.1, 0.15) is 27.4 Å². The summed E-state index contributed by atoms with van der Waals surface area (Å²) in [5.74, 6) is -2.65. The number of hydrogen-bond acceptors (Lipinski definition) is 4. The molecule has 0 saturated carbocycles. The first-order chi connectivity index (χ1) is 13.7. The summed E-state index contributed by atoms with van der Waals surface area (Å²) in [5, 5.41) is 2.73. The Morgan fingerprint density at radius 2 is 1.76 bits per heavy atom. The fourth-order valence-electron chi connectivity index (χ4n) is 2.63. The van der Waals surface area contributed by atoms with Crippen molar-refractivity contribution in [1.29, 1.82) is 0 Å². The van der Waals surface area contributed by atoms with E-state index in [1.165, 1.54) is 42.5 Å². The SMILES string of the molecule is O=C(NCc1ccc(F)cc1Cl)c1ccc(CS(=O)(=O)Cc2ccccc2F)o1. The molecule has 3 aromatic rings. The van der Waals surface area contributed by atoms with E-state index in [4.69, 9.17) is 16.0 Å². The van der Waals surface area contributed by atoms with E-state index in [1.807, 2.05) is 0 Å². The fourth-order valence-corrected chi connectivity index (χ4v) is 4.26. The number of rotatable bonds is 7. The molecule has 2 aromatic carbocycles. The molecule has 0 radical (unpaired) electrons. The molecule has 9 heteroatoms. The second-order valence-corrected chi connectivity index (χ2v) is 8.78. The molecular weight excluding hydrogens is 424 g/mol. The highest BCUT2D eigenvalue weighted by Crippen LogP contribution is 2.19. The maximum absolute atomic E-state index is 13.7. The maximum Gasteiger partial charge on any atom is 0.287 e. The first-order valence-electron chi connectivity index (χ1n) is 8.48. The fraction of sp³-hybridized carbons (Fsp3) is 0.150. The first kappa shape index (κ1) is 21.0. The Labute approximate surface area is 171 Å². The number of nitrogens with one attached hydrogen (secondary N) is 1. The van der Waals surface area contributed by atoms with Gasteiger partial charge >= 0.3 is 0 Å². The lowest BCUT2D eigenvalue weighted by Crippen LogP contribution is -2.22. The van der Waals surface area contributed by atoms with Gasteiger partial charge < -0.3 is 9.73 Å². The lowest BCUT2D eigenvalue weighted by molar-refractivity contribution is 0.0921. The monoisotopic (exact) mass is 439 g/mol. The predicted octanol–water partition coefficient (Wildman–Crippen LogP) is 4.26. The Morgan fingerprint density at radius 1 is 1.00 bits per heavy atom. The van der Waals surface area contributed by atoms with Gasteiger partial charge in [0.15, 0.2) is 15.6 Å². The van der Waals surface area contributed by atoms with E-state index in [0.29, 0.717) is 5.56 Å². The molecule has 0 unspecified atom stereocenters. The minimum absolute atomic E-state index is 0.0412. The van der Waals surface area contributed by atoms with Crippen molar-refractivity contribution in [1.82, 2.24) is 5.32 Å². The Kier molecular flexibility index (Phi) is 6.34. The Balaban J connectivity index is 1.62. The van der Waals surface area contributed by atoms with E-state index < -0.39 is 38.9 Å². The standard InChI is InChI=1S/C20H16ClF2NO4S/c21-17-9-15(22)6-5-13(17)10-24-20(25)19-8-7-16(28-19)12-29(26,27)11-14-3-1-2-4-18(14)23/h1-9H,10-12H2,(H,24,25). The topological polar surface area (TPSA) is 76.4 Å². The zero-order valence-corrected chi connectivity index (χ0v) is 16.6. The van der Waals surface area contributed by atoms with Gasteiger partial charge in [0.05, 0.1) is 5.75 Å². The summed E-state index contributed by atoms with van der Waals surface area (Å²) in [6, 6.07) is 12.1. The van der Waals surface area contributed by atoms with Gasteiger partial charge in [-0.25, -0.2) is 17.2 Å². The van der Waals surface area contributed by atoms with E-state index in [9.17, 15) is 22.0 Å². The molecule has 1 amide bonds. The number of furan rings is 1. The Bertz CT molecular complexity index is 1140. The average Bonchev–Trinajstić information content (AvgIpc) is 3.10. The van der Waals surface area contributed by atoms with Crippen LogP contribution in [0, 0.1) is 11.6 Å². The third-order valence-electron chi connectivity index (χ3n) is 4.04. The highest BCUT2D eigenvalue weighted by Gasteiger charge is 2.19. The van der Waals surface area contributed by atoms with Crippen molar-refractivity contribution in [3.63, 3.8) is 0 Å². The van der Waals surface area contributed by atoms with E-state index >= 15 is 0 Å². The summed E-state index contributed by atoms with van der Waals surface area (Å²) < 4.78 is 56.6. The molecule has 0 aliphatic heterocycles. The summed E-state index contributed by atoms with van der Waals surface area (Å²) in [6.07, 6.45) is 0. The number of halogens is 3. The van der Waals surface area contributed by atoms with Crippen molar-refractivity contribution < 1.29 is 26.4 Å². The molecule has 0 aliphatic rings. The largest absolute Gasteiger partial charge is 0.455 e. The molecule has 29 heavy (non-hydrogen) atoms. The van der Waals surface area contributed by atoms with Crippen LogP contribution < -0.4 is 5.32 Å². The molecule has 152 valence electrons. The van der Waals surface area contributed by atoms with Crippen LogP contribution >= 0.6 is 11.6 Å². The number of hydrogen-bond donors (Lipinski definition) is 1. The van der Waals surface area contributed by atoms with Crippen molar-refractivity contribution >= 4 is 27.3 Å². The van der Waals surface area contributed by atoms with E-state index in [2.05, 4.69) is 5.32 Å². The molecule has 0 saturated heterocycles. The van der Waals surface area contributed by atoms with Gasteiger partial charge in [-0.3, -0.25) is 4.79 Å². The molecular formula is C20H16ClF2NO4S. The van der Waals surface area contributed by atoms with Crippen LogP contribution in [0.3, 0.4) is 0 Å². The van der Waals surface area contributed by atoms with Gasteiger partial charge in [-0.05, 0) is 35.9 Å². The molecule has 0 fully saturated rings. The quantitative estimate of drug-likeness (QED) is 0.597. The molecule has 5 nitrogen and oxygen atoms in total. The second-order valence-electron chi connectivity index (χ2n) is 6.31. The molecule has 0 atom stereocenters. The first-order valence-corrected chi connectivity index (χ1v) is 10.7. The third kappa shape index (κ3) is 5.65. The Hall–Kier alpha value is -2.71. The third-order valence-corrected chi connectivity index (χ3v) is 5.86. The number of benzene rings is 2. The van der Waals surface area contributed by atoms with Crippen molar-refractivity contribution in [2.45, 2.75) is 18.1 Å². The number of carbonyl (C=O) groups is 1. The van der Waals surface area contributed by atoms with E-state index in [1.54, 1.807) is 6.07 Å². The average molecular weight is 440 g/mol. The summed E-state index contributed by atoms with van der Waals surface area (Å²) in [5.41, 5.74) is 0.578. The van der Waals surface area contributed by atoms with Crippen molar-refractivity contribution in [2.24, 2.45) is 0 Å². The van der Waals surface area contributed by atoms with Crippen LogP contribution in [-0.2, 0) is 27.9 Å². The second kappa shape index (κ2) is 8.75. The van der Waals surface area contributed by atoms with Crippen LogP contribution in [0.4, 0.5) is 8.78 Å². The van der Waals surface area contributed by atoms with Crippen LogP contribution in [-0.4, -0.2) is 14.3 Å². The molecule has 0 aliphatic carbocycles. The van der Waals surface area contributed by atoms with Crippen LogP contribution in [0.5, 0.6) is 0 Å². The van der Waals surface area contributed by atoms with Crippen LogP contribution in [0.25, 0.3) is 0 Å². The zero-order chi connectivity index (χ0) is 21.0. The number of amides is 1. The molecule has 3 rings (SSSR count). The normalized spacial score (nSPS) is 11.4. The van der Waals surface area contributed by atoms with E-state index in [0.717, 1.165) is 6.07 Å². The Morgan fingerprint density at radius 3 is 2.48 bits per heavy atom. The summed E-state index contributed by atoms with van der Waals surface area (Å²) >= 11 is 5.91. The number of carbonyl (C=O) groups excluding carboxylic acids is 1. The van der Waals surface area contributed by atoms with Gasteiger partial charge in [0.2, 0.25) is 0 Å². The molecule has 1 heterocycles. The summed E-state index contributed by atoms with van der Waals surface area (Å²) in [7, 11) is -3.71. The van der Waals surface area contributed by atoms with E-state index in [-0.39, 0.29) is 28.7 Å². The lowest BCUT2D eigenvalue weighted by atomic mass is 10.2. The zero-order valence-electron chi connectivity index (χ0n) is 15.0. The highest BCUT2D eigenvalue weighted by atomic mass is 35.5. The van der Waals surface area contributed by atoms with Gasteiger partial charge in [-0.15, -0.1) is 0 Å². The summed E-state index contributed by atoms with van der Waals surface area (Å²) in [4.78, 5) is 12.2. The van der Waals surface area contributed by atoms with Gasteiger partial charge in [0.25, 0.3) is 5.91 Å². The minimum atomic E-state index is -3.71. The van der Waals surface area contributed by atoms with Crippen LogP contribution in [0.15, 0.2) is 59.0 Å². The minimum Gasteiger partial charge on any atom is -0.455 e. The van der Waals surface area contributed by atoms with Gasteiger partial charge in [0.1, 0.15) is 23.1 Å². The van der Waals surface area contributed by atoms with Crippen molar-refractivity contribution in [3.8, 4) is 0 Å². The van der Waals surface area contributed by atoms with Crippen LogP contribution in [0.2, 0.25) is 5.02 Å². The highest BCUT2D eigenvalue weighted by molar-refractivity contribution is 7.89. The lowest BCUT2D eigenvalue weighted by Gasteiger charge is -2.06. The van der Waals surface area contributed by atoms with Gasteiger partial charge in [0, 0.05) is 17.1 Å². The molecule has 1 N–H and O–H groups in total. The maximum atomic E-state index is 13.7. The van der Waals surface area contributed by atoms with Crippen molar-refractivity contribution in [3.05, 3.63) is 93.9 Å². The number of sulfone groups is 1. The molecule has 0 bridgehead atoms. The van der Waals surface area contributed by atoms with Gasteiger partial charge in [-0.1, -0.05) is 35.9 Å². The van der Waals surface area contributed by atoms with Crippen molar-refractivity contribution in [2.75, 3.05) is 0 Å².